The van der Waals surface area contributed by atoms with Crippen molar-refractivity contribution in [2.45, 2.75) is 31.7 Å². The summed E-state index contributed by atoms with van der Waals surface area (Å²) < 4.78 is 1.47. The van der Waals surface area contributed by atoms with E-state index in [1.165, 1.54) is 4.57 Å². The van der Waals surface area contributed by atoms with Gasteiger partial charge < -0.3 is 14.6 Å². The summed E-state index contributed by atoms with van der Waals surface area (Å²) in [6.45, 7) is 0.652. The highest BCUT2D eigenvalue weighted by Crippen LogP contribution is 2.21. The summed E-state index contributed by atoms with van der Waals surface area (Å²) in [6.07, 6.45) is 3.36. The molecule has 6 nitrogen and oxygen atoms in total. The molecule has 2 aromatic rings. The van der Waals surface area contributed by atoms with Crippen molar-refractivity contribution in [2.75, 3.05) is 13.2 Å². The number of fused-ring (bicyclic) bond motifs is 1. The van der Waals surface area contributed by atoms with Crippen LogP contribution in [0.5, 0.6) is 0 Å². The van der Waals surface area contributed by atoms with E-state index in [0.29, 0.717) is 24.0 Å². The molecular formula is C17H21N3O3. The molecule has 1 atom stereocenters. The second kappa shape index (κ2) is 6.50. The van der Waals surface area contributed by atoms with Crippen LogP contribution < -0.4 is 5.56 Å². The molecule has 1 fully saturated rings. The van der Waals surface area contributed by atoms with Gasteiger partial charge in [0.15, 0.2) is 5.69 Å². The van der Waals surface area contributed by atoms with E-state index >= 15 is 0 Å². The van der Waals surface area contributed by atoms with Crippen LogP contribution in [0.15, 0.2) is 29.1 Å². The lowest BCUT2D eigenvalue weighted by Gasteiger charge is -2.35. The standard InChI is InChI=1S/C17H21N3O3/c1-19-14-8-3-2-7-13(14)18-15(16(19)22)17(23)20-10-5-4-6-12(20)9-11-21/h2-3,7-8,12,21H,4-6,9-11H2,1H3/t12-/m1/s1. The number of likely N-dealkylation sites (tertiary alicyclic amines) is 1. The van der Waals surface area contributed by atoms with Crippen LogP contribution in [-0.2, 0) is 7.05 Å². The van der Waals surface area contributed by atoms with E-state index in [2.05, 4.69) is 4.98 Å². The Labute approximate surface area is 134 Å². The van der Waals surface area contributed by atoms with E-state index in [1.54, 1.807) is 18.0 Å². The monoisotopic (exact) mass is 315 g/mol. The van der Waals surface area contributed by atoms with E-state index in [0.717, 1.165) is 19.3 Å². The number of aromatic nitrogens is 2. The van der Waals surface area contributed by atoms with Gasteiger partial charge in [-0.15, -0.1) is 0 Å². The molecular weight excluding hydrogens is 294 g/mol. The second-order valence-corrected chi connectivity index (χ2v) is 5.97. The summed E-state index contributed by atoms with van der Waals surface area (Å²) in [5.41, 5.74) is 0.936. The molecule has 23 heavy (non-hydrogen) atoms. The van der Waals surface area contributed by atoms with Gasteiger partial charge in [0.2, 0.25) is 0 Å². The maximum Gasteiger partial charge on any atom is 0.282 e. The number of aliphatic hydroxyl groups excluding tert-OH is 1. The number of aryl methyl sites for hydroxylation is 1. The van der Waals surface area contributed by atoms with E-state index in [9.17, 15) is 14.7 Å². The minimum Gasteiger partial charge on any atom is -0.396 e. The fourth-order valence-electron chi connectivity index (χ4n) is 3.27. The lowest BCUT2D eigenvalue weighted by molar-refractivity contribution is 0.0566. The zero-order valence-electron chi connectivity index (χ0n) is 13.2. The molecule has 1 aromatic carbocycles. The Hall–Kier alpha value is -2.21. The Balaban J connectivity index is 2.03. The minimum absolute atomic E-state index is 0.0146. The highest BCUT2D eigenvalue weighted by Gasteiger charge is 2.30. The molecule has 2 heterocycles. The summed E-state index contributed by atoms with van der Waals surface area (Å²) in [6, 6.07) is 7.27. The van der Waals surface area contributed by atoms with Gasteiger partial charge in [0.05, 0.1) is 11.0 Å². The summed E-state index contributed by atoms with van der Waals surface area (Å²) in [7, 11) is 1.66. The molecule has 1 saturated heterocycles. The van der Waals surface area contributed by atoms with Gasteiger partial charge in [-0.1, -0.05) is 12.1 Å². The van der Waals surface area contributed by atoms with Crippen LogP contribution in [0.4, 0.5) is 0 Å². The third kappa shape index (κ3) is 2.86. The summed E-state index contributed by atoms with van der Waals surface area (Å²) in [5, 5.41) is 9.21. The molecule has 0 saturated carbocycles. The van der Waals surface area contributed by atoms with Gasteiger partial charge in [-0.2, -0.15) is 0 Å². The topological polar surface area (TPSA) is 75.4 Å². The van der Waals surface area contributed by atoms with Crippen LogP contribution in [0.2, 0.25) is 0 Å². The van der Waals surface area contributed by atoms with Crippen molar-refractivity contribution in [1.29, 1.82) is 0 Å². The van der Waals surface area contributed by atoms with Gasteiger partial charge in [0.25, 0.3) is 11.5 Å². The molecule has 1 N–H and O–H groups in total. The fraction of sp³-hybridized carbons (Fsp3) is 0.471. The first-order valence-electron chi connectivity index (χ1n) is 8.01. The number of carbonyl (C=O) groups excluding carboxylic acids is 1. The maximum absolute atomic E-state index is 12.9. The third-order valence-electron chi connectivity index (χ3n) is 4.54. The van der Waals surface area contributed by atoms with Gasteiger partial charge in [-0.3, -0.25) is 9.59 Å². The molecule has 0 radical (unpaired) electrons. The van der Waals surface area contributed by atoms with E-state index in [-0.39, 0.29) is 29.8 Å². The van der Waals surface area contributed by atoms with Gasteiger partial charge in [0, 0.05) is 26.2 Å². The molecule has 1 aromatic heterocycles. The van der Waals surface area contributed by atoms with Gasteiger partial charge in [-0.25, -0.2) is 4.98 Å². The molecule has 0 spiro atoms. The molecule has 3 rings (SSSR count). The maximum atomic E-state index is 12.9. The molecule has 1 amide bonds. The first-order chi connectivity index (χ1) is 11.1. The average molecular weight is 315 g/mol. The second-order valence-electron chi connectivity index (χ2n) is 5.97. The quantitative estimate of drug-likeness (QED) is 0.926. The zero-order chi connectivity index (χ0) is 16.4. The number of hydrogen-bond acceptors (Lipinski definition) is 4. The number of rotatable bonds is 3. The third-order valence-corrected chi connectivity index (χ3v) is 4.54. The molecule has 0 bridgehead atoms. The van der Waals surface area contributed by atoms with E-state index in [4.69, 9.17) is 0 Å². The van der Waals surface area contributed by atoms with E-state index < -0.39 is 0 Å². The van der Waals surface area contributed by atoms with Crippen molar-refractivity contribution in [2.24, 2.45) is 7.05 Å². The summed E-state index contributed by atoms with van der Waals surface area (Å²) >= 11 is 0. The number of nitrogens with zero attached hydrogens (tertiary/aromatic N) is 3. The molecule has 1 aliphatic heterocycles. The van der Waals surface area contributed by atoms with Crippen molar-refractivity contribution >= 4 is 16.9 Å². The number of carbonyl (C=O) groups is 1. The van der Waals surface area contributed by atoms with Crippen LogP contribution in [0.3, 0.4) is 0 Å². The first kappa shape index (κ1) is 15.7. The normalized spacial score (nSPS) is 18.3. The van der Waals surface area contributed by atoms with Gasteiger partial charge >= 0.3 is 0 Å². The van der Waals surface area contributed by atoms with Crippen molar-refractivity contribution < 1.29 is 9.90 Å². The van der Waals surface area contributed by atoms with E-state index in [1.807, 2.05) is 18.2 Å². The van der Waals surface area contributed by atoms with Crippen LogP contribution in [0, 0.1) is 0 Å². The van der Waals surface area contributed by atoms with Crippen molar-refractivity contribution in [1.82, 2.24) is 14.5 Å². The van der Waals surface area contributed by atoms with Crippen LogP contribution in [-0.4, -0.2) is 44.7 Å². The number of aliphatic hydroxyl groups is 1. The smallest absolute Gasteiger partial charge is 0.282 e. The molecule has 0 aliphatic carbocycles. The van der Waals surface area contributed by atoms with Crippen molar-refractivity contribution in [3.05, 3.63) is 40.3 Å². The molecule has 122 valence electrons. The van der Waals surface area contributed by atoms with Crippen LogP contribution >= 0.6 is 0 Å². The Bertz CT molecular complexity index is 782. The number of amides is 1. The van der Waals surface area contributed by atoms with Crippen LogP contribution in [0.25, 0.3) is 11.0 Å². The lowest BCUT2D eigenvalue weighted by Crippen LogP contribution is -2.46. The Morgan fingerprint density at radius 2 is 2.13 bits per heavy atom. The predicted molar refractivity (Wildman–Crippen MR) is 87.4 cm³/mol. The Kier molecular flexibility index (Phi) is 4.43. The van der Waals surface area contributed by atoms with Crippen LogP contribution in [0.1, 0.15) is 36.2 Å². The van der Waals surface area contributed by atoms with Crippen molar-refractivity contribution in [3.8, 4) is 0 Å². The number of piperidine rings is 1. The summed E-state index contributed by atoms with van der Waals surface area (Å²) in [5.74, 6) is -0.325. The van der Waals surface area contributed by atoms with Gasteiger partial charge in [-0.05, 0) is 37.8 Å². The van der Waals surface area contributed by atoms with Gasteiger partial charge in [0.1, 0.15) is 0 Å². The first-order valence-corrected chi connectivity index (χ1v) is 8.01. The highest BCUT2D eigenvalue weighted by atomic mass is 16.3. The zero-order valence-corrected chi connectivity index (χ0v) is 13.2. The number of para-hydroxylation sites is 2. The average Bonchev–Trinajstić information content (AvgIpc) is 2.58. The lowest BCUT2D eigenvalue weighted by atomic mass is 9.99. The summed E-state index contributed by atoms with van der Waals surface area (Å²) in [4.78, 5) is 31.4. The fourth-order valence-corrected chi connectivity index (χ4v) is 3.27. The Morgan fingerprint density at radius 1 is 1.35 bits per heavy atom. The van der Waals surface area contributed by atoms with Crippen molar-refractivity contribution in [3.63, 3.8) is 0 Å². The minimum atomic E-state index is -0.373. The molecule has 6 heteroatoms. The molecule has 1 aliphatic rings. The number of hydrogen-bond donors (Lipinski definition) is 1. The number of benzene rings is 1. The highest BCUT2D eigenvalue weighted by molar-refractivity contribution is 5.94. The SMILES string of the molecule is Cn1c(=O)c(C(=O)N2CCCC[C@@H]2CCO)nc2ccccc21. The largest absolute Gasteiger partial charge is 0.396 e. The molecule has 0 unspecified atom stereocenters. The predicted octanol–water partition coefficient (Wildman–Crippen LogP) is 1.31. The Morgan fingerprint density at radius 3 is 2.91 bits per heavy atom.